The third-order valence-electron chi connectivity index (χ3n) is 1.17. The van der Waals surface area contributed by atoms with Crippen molar-refractivity contribution in [2.24, 2.45) is 5.92 Å². The molecule has 0 saturated carbocycles. The highest BCUT2D eigenvalue weighted by molar-refractivity contribution is 5.38. The molecule has 2 nitrogen and oxygen atoms in total. The topological polar surface area (TPSA) is 26.3 Å². The highest BCUT2D eigenvalue weighted by atomic mass is 16.5. The van der Waals surface area contributed by atoms with Crippen LogP contribution in [0.3, 0.4) is 0 Å². The standard InChI is InChI=1S/C6H11O2/c1-5(2)6(3)8-4-7/h5-6H,1-3H3. The van der Waals surface area contributed by atoms with Gasteiger partial charge in [-0.3, -0.25) is 0 Å². The average Bonchev–Trinajstić information content (AvgIpc) is 1.67. The normalized spacial score (nSPS) is 13.5. The summed E-state index contributed by atoms with van der Waals surface area (Å²) < 4.78 is 4.50. The van der Waals surface area contributed by atoms with Crippen LogP contribution in [0.4, 0.5) is 0 Å². The van der Waals surface area contributed by atoms with Crippen molar-refractivity contribution in [3.8, 4) is 0 Å². The van der Waals surface area contributed by atoms with Crippen molar-refractivity contribution in [1.82, 2.24) is 0 Å². The molecule has 1 unspecified atom stereocenters. The summed E-state index contributed by atoms with van der Waals surface area (Å²) >= 11 is 0. The zero-order valence-corrected chi connectivity index (χ0v) is 5.47. The van der Waals surface area contributed by atoms with E-state index < -0.39 is 0 Å². The third kappa shape index (κ3) is 2.61. The van der Waals surface area contributed by atoms with E-state index in [4.69, 9.17) is 0 Å². The molecule has 0 rings (SSSR count). The lowest BCUT2D eigenvalue weighted by Crippen LogP contribution is -2.13. The molecule has 0 N–H and O–H groups in total. The molecule has 0 bridgehead atoms. The van der Waals surface area contributed by atoms with Crippen molar-refractivity contribution in [3.63, 3.8) is 0 Å². The van der Waals surface area contributed by atoms with Crippen molar-refractivity contribution in [2.75, 3.05) is 0 Å². The Balaban J connectivity index is 3.30. The molecule has 0 heterocycles. The summed E-state index contributed by atoms with van der Waals surface area (Å²) in [5, 5.41) is 0. The van der Waals surface area contributed by atoms with Gasteiger partial charge >= 0.3 is 6.47 Å². The fourth-order valence-corrected chi connectivity index (χ4v) is 0.212. The van der Waals surface area contributed by atoms with E-state index in [9.17, 15) is 4.79 Å². The SMILES string of the molecule is CC(C)C(C)O[C]=O. The molecule has 0 aliphatic rings. The van der Waals surface area contributed by atoms with E-state index in [1.807, 2.05) is 20.8 Å². The Morgan fingerprint density at radius 2 is 1.88 bits per heavy atom. The summed E-state index contributed by atoms with van der Waals surface area (Å²) in [6.07, 6.45) is -0.00694. The minimum atomic E-state index is -0.00694. The Morgan fingerprint density at radius 3 is 2.00 bits per heavy atom. The van der Waals surface area contributed by atoms with Crippen molar-refractivity contribution in [3.05, 3.63) is 0 Å². The first-order valence-electron chi connectivity index (χ1n) is 2.71. The molecular formula is C6H11O2. The number of rotatable bonds is 3. The van der Waals surface area contributed by atoms with E-state index in [0.29, 0.717) is 5.92 Å². The number of ether oxygens (including phenoxy) is 1. The Hall–Kier alpha value is -0.530. The lowest BCUT2D eigenvalue weighted by atomic mass is 10.1. The summed E-state index contributed by atoms with van der Waals surface area (Å²) in [5.74, 6) is 0.386. The van der Waals surface area contributed by atoms with Crippen LogP contribution >= 0.6 is 0 Å². The third-order valence-corrected chi connectivity index (χ3v) is 1.17. The monoisotopic (exact) mass is 115 g/mol. The molecule has 0 aliphatic heterocycles. The average molecular weight is 115 g/mol. The van der Waals surface area contributed by atoms with Crippen LogP contribution in [0.25, 0.3) is 0 Å². The molecule has 0 aromatic rings. The van der Waals surface area contributed by atoms with Gasteiger partial charge in [0.25, 0.3) is 0 Å². The molecular weight excluding hydrogens is 104 g/mol. The summed E-state index contributed by atoms with van der Waals surface area (Å²) in [6.45, 7) is 7.22. The Kier molecular flexibility index (Phi) is 3.24. The minimum Gasteiger partial charge on any atom is -0.454 e. The van der Waals surface area contributed by atoms with E-state index in [2.05, 4.69) is 4.74 Å². The molecule has 0 aromatic carbocycles. The summed E-state index contributed by atoms with van der Waals surface area (Å²) in [4.78, 5) is 9.57. The lowest BCUT2D eigenvalue weighted by molar-refractivity contribution is 0.148. The van der Waals surface area contributed by atoms with E-state index in [1.165, 1.54) is 6.47 Å². The van der Waals surface area contributed by atoms with Gasteiger partial charge in [-0.05, 0) is 12.8 Å². The first-order chi connectivity index (χ1) is 3.68. The van der Waals surface area contributed by atoms with Crippen molar-refractivity contribution in [1.29, 1.82) is 0 Å². The molecule has 8 heavy (non-hydrogen) atoms. The van der Waals surface area contributed by atoms with Crippen LogP contribution in [0, 0.1) is 5.92 Å². The van der Waals surface area contributed by atoms with Crippen LogP contribution in [0.5, 0.6) is 0 Å². The van der Waals surface area contributed by atoms with Gasteiger partial charge in [0.1, 0.15) is 6.10 Å². The summed E-state index contributed by atoms with van der Waals surface area (Å²) in [7, 11) is 0. The van der Waals surface area contributed by atoms with Crippen LogP contribution in [0.1, 0.15) is 20.8 Å². The predicted octanol–water partition coefficient (Wildman–Crippen LogP) is 1.11. The fraction of sp³-hybridized carbons (Fsp3) is 0.833. The molecule has 1 radical (unpaired) electrons. The van der Waals surface area contributed by atoms with Gasteiger partial charge in [-0.2, -0.15) is 0 Å². The second-order valence-electron chi connectivity index (χ2n) is 2.15. The van der Waals surface area contributed by atoms with Gasteiger partial charge in [0.2, 0.25) is 0 Å². The maximum Gasteiger partial charge on any atom is 0.417 e. The van der Waals surface area contributed by atoms with Gasteiger partial charge in [0, 0.05) is 0 Å². The maximum atomic E-state index is 9.57. The first kappa shape index (κ1) is 7.47. The lowest BCUT2D eigenvalue weighted by Gasteiger charge is -2.10. The van der Waals surface area contributed by atoms with E-state index in [-0.39, 0.29) is 6.10 Å². The Labute approximate surface area is 49.8 Å². The molecule has 47 valence electrons. The zero-order chi connectivity index (χ0) is 6.57. The molecule has 0 spiro atoms. The number of carbonyl (C=O) groups excluding carboxylic acids is 1. The van der Waals surface area contributed by atoms with Crippen molar-refractivity contribution < 1.29 is 9.53 Å². The molecule has 0 aliphatic carbocycles. The maximum absolute atomic E-state index is 9.57. The first-order valence-corrected chi connectivity index (χ1v) is 2.71. The largest absolute Gasteiger partial charge is 0.454 e. The summed E-state index contributed by atoms with van der Waals surface area (Å²) in [6, 6.07) is 0. The number of hydrogen-bond acceptors (Lipinski definition) is 2. The van der Waals surface area contributed by atoms with Gasteiger partial charge in [-0.1, -0.05) is 13.8 Å². The van der Waals surface area contributed by atoms with Crippen LogP contribution in [-0.2, 0) is 9.53 Å². The van der Waals surface area contributed by atoms with Crippen LogP contribution in [0.15, 0.2) is 0 Å². The predicted molar refractivity (Wildman–Crippen MR) is 31.1 cm³/mol. The highest BCUT2D eigenvalue weighted by Gasteiger charge is 2.05. The van der Waals surface area contributed by atoms with Crippen molar-refractivity contribution >= 4 is 6.47 Å². The fourth-order valence-electron chi connectivity index (χ4n) is 0.212. The zero-order valence-electron chi connectivity index (χ0n) is 5.47. The molecule has 0 saturated heterocycles. The van der Waals surface area contributed by atoms with Gasteiger partial charge in [-0.25, -0.2) is 4.79 Å². The van der Waals surface area contributed by atoms with Gasteiger partial charge in [0.15, 0.2) is 0 Å². The smallest absolute Gasteiger partial charge is 0.417 e. The number of hydrogen-bond donors (Lipinski definition) is 0. The van der Waals surface area contributed by atoms with Crippen LogP contribution < -0.4 is 0 Å². The van der Waals surface area contributed by atoms with Crippen LogP contribution in [0.2, 0.25) is 0 Å². The van der Waals surface area contributed by atoms with E-state index in [0.717, 1.165) is 0 Å². The van der Waals surface area contributed by atoms with E-state index in [1.54, 1.807) is 0 Å². The van der Waals surface area contributed by atoms with Crippen LogP contribution in [-0.4, -0.2) is 12.6 Å². The second-order valence-corrected chi connectivity index (χ2v) is 2.15. The summed E-state index contributed by atoms with van der Waals surface area (Å²) in [5.41, 5.74) is 0. The molecule has 0 amide bonds. The Morgan fingerprint density at radius 1 is 1.38 bits per heavy atom. The van der Waals surface area contributed by atoms with Gasteiger partial charge in [-0.15, -0.1) is 0 Å². The van der Waals surface area contributed by atoms with E-state index >= 15 is 0 Å². The highest BCUT2D eigenvalue weighted by Crippen LogP contribution is 2.02. The van der Waals surface area contributed by atoms with Gasteiger partial charge < -0.3 is 4.74 Å². The quantitative estimate of drug-likeness (QED) is 0.550. The molecule has 1 atom stereocenters. The van der Waals surface area contributed by atoms with Gasteiger partial charge in [0.05, 0.1) is 0 Å². The molecule has 0 aromatic heterocycles. The Bertz CT molecular complexity index is 68.9. The molecule has 2 heteroatoms. The minimum absolute atomic E-state index is 0.00694. The second kappa shape index (κ2) is 3.47. The molecule has 0 fully saturated rings. The van der Waals surface area contributed by atoms with Crippen molar-refractivity contribution in [2.45, 2.75) is 26.9 Å².